The predicted octanol–water partition coefficient (Wildman–Crippen LogP) is 3.06. The zero-order valence-electron chi connectivity index (χ0n) is 12.6. The van der Waals surface area contributed by atoms with Crippen LogP contribution in [0, 0.1) is 0 Å². The van der Waals surface area contributed by atoms with Gasteiger partial charge >= 0.3 is 0 Å². The Hall–Kier alpha value is -0.800. The van der Waals surface area contributed by atoms with Crippen molar-refractivity contribution in [1.29, 1.82) is 0 Å². The Morgan fingerprint density at radius 1 is 1.32 bits per heavy atom. The second-order valence-electron chi connectivity index (χ2n) is 5.68. The van der Waals surface area contributed by atoms with Crippen LogP contribution in [0.15, 0.2) is 23.0 Å². The molecule has 0 aliphatic carbocycles. The summed E-state index contributed by atoms with van der Waals surface area (Å²) in [7, 11) is 2.10. The van der Waals surface area contributed by atoms with Crippen LogP contribution < -0.4 is 5.32 Å². The minimum atomic E-state index is 0.280. The molecule has 1 aliphatic heterocycles. The van der Waals surface area contributed by atoms with Gasteiger partial charge in [0.2, 0.25) is 0 Å². The predicted molar refractivity (Wildman–Crippen MR) is 79.4 cm³/mol. The van der Waals surface area contributed by atoms with Crippen molar-refractivity contribution in [1.82, 2.24) is 10.2 Å². The van der Waals surface area contributed by atoms with E-state index < -0.39 is 0 Å². The molecule has 2 heterocycles. The minimum absolute atomic E-state index is 0.280. The molecule has 1 aromatic rings. The third-order valence-electron chi connectivity index (χ3n) is 4.98. The fourth-order valence-electron chi connectivity index (χ4n) is 3.78. The quantitative estimate of drug-likeness (QED) is 0.820. The summed E-state index contributed by atoms with van der Waals surface area (Å²) >= 11 is 0. The lowest BCUT2D eigenvalue weighted by atomic mass is 9.80. The maximum atomic E-state index is 5.22. The highest BCUT2D eigenvalue weighted by Gasteiger charge is 2.41. The normalized spacial score (nSPS) is 18.9. The van der Waals surface area contributed by atoms with E-state index in [2.05, 4.69) is 37.2 Å². The monoisotopic (exact) mass is 264 g/mol. The molecule has 0 amide bonds. The van der Waals surface area contributed by atoms with Gasteiger partial charge in [0.25, 0.3) is 0 Å². The van der Waals surface area contributed by atoms with Crippen molar-refractivity contribution >= 4 is 0 Å². The Kier molecular flexibility index (Phi) is 5.06. The van der Waals surface area contributed by atoms with Crippen LogP contribution in [0.5, 0.6) is 0 Å². The average molecular weight is 264 g/mol. The van der Waals surface area contributed by atoms with E-state index in [0.717, 1.165) is 6.42 Å². The first-order valence-electron chi connectivity index (χ1n) is 7.70. The van der Waals surface area contributed by atoms with E-state index in [1.165, 1.54) is 44.3 Å². The molecule has 1 N–H and O–H groups in total. The largest absolute Gasteiger partial charge is 0.472 e. The van der Waals surface area contributed by atoms with Gasteiger partial charge in [0.05, 0.1) is 12.5 Å². The van der Waals surface area contributed by atoms with Gasteiger partial charge in [-0.25, -0.2) is 0 Å². The lowest BCUT2D eigenvalue weighted by Crippen LogP contribution is -2.60. The van der Waals surface area contributed by atoms with Crippen molar-refractivity contribution in [3.8, 4) is 0 Å². The second kappa shape index (κ2) is 6.58. The van der Waals surface area contributed by atoms with Gasteiger partial charge < -0.3 is 9.73 Å². The van der Waals surface area contributed by atoms with Crippen molar-refractivity contribution in [2.45, 2.75) is 57.5 Å². The van der Waals surface area contributed by atoms with Crippen LogP contribution >= 0.6 is 0 Å². The Morgan fingerprint density at radius 3 is 2.47 bits per heavy atom. The first-order valence-corrected chi connectivity index (χ1v) is 7.70. The summed E-state index contributed by atoms with van der Waals surface area (Å²) in [5.74, 6) is 0. The maximum Gasteiger partial charge on any atom is 0.0935 e. The van der Waals surface area contributed by atoms with Crippen molar-refractivity contribution < 1.29 is 4.42 Å². The number of hydrogen-bond donors (Lipinski definition) is 1. The molecular formula is C16H28N2O. The van der Waals surface area contributed by atoms with E-state index in [1.54, 1.807) is 6.26 Å². The average Bonchev–Trinajstić information content (AvgIpc) is 3.12. The molecule has 0 saturated carbocycles. The molecule has 1 atom stereocenters. The number of nitrogens with one attached hydrogen (secondary N) is 1. The summed E-state index contributed by atoms with van der Waals surface area (Å²) in [6.45, 7) is 7.18. The zero-order chi connectivity index (χ0) is 13.7. The summed E-state index contributed by atoms with van der Waals surface area (Å²) in [4.78, 5) is 2.72. The van der Waals surface area contributed by atoms with Crippen LogP contribution in [-0.2, 0) is 6.42 Å². The van der Waals surface area contributed by atoms with Crippen LogP contribution in [-0.4, -0.2) is 36.6 Å². The smallest absolute Gasteiger partial charge is 0.0935 e. The van der Waals surface area contributed by atoms with Gasteiger partial charge in [0.15, 0.2) is 0 Å². The highest BCUT2D eigenvalue weighted by atomic mass is 16.3. The van der Waals surface area contributed by atoms with Gasteiger partial charge in [-0.3, -0.25) is 4.90 Å². The van der Waals surface area contributed by atoms with Gasteiger partial charge in [0, 0.05) is 11.6 Å². The molecule has 1 unspecified atom stereocenters. The van der Waals surface area contributed by atoms with E-state index in [0.29, 0.717) is 6.04 Å². The van der Waals surface area contributed by atoms with Crippen molar-refractivity contribution in [2.24, 2.45) is 0 Å². The topological polar surface area (TPSA) is 28.4 Å². The molecule has 1 aliphatic rings. The molecule has 3 heteroatoms. The zero-order valence-corrected chi connectivity index (χ0v) is 12.6. The SMILES string of the molecule is CCC(CC)(C(Cc1ccoc1)NC)N1CCCC1. The van der Waals surface area contributed by atoms with E-state index in [-0.39, 0.29) is 5.54 Å². The highest BCUT2D eigenvalue weighted by Crippen LogP contribution is 2.33. The maximum absolute atomic E-state index is 5.22. The molecular weight excluding hydrogens is 236 g/mol. The second-order valence-corrected chi connectivity index (χ2v) is 5.68. The number of furan rings is 1. The lowest BCUT2D eigenvalue weighted by molar-refractivity contribution is 0.0650. The lowest BCUT2D eigenvalue weighted by Gasteiger charge is -2.47. The summed E-state index contributed by atoms with van der Waals surface area (Å²) in [6, 6.07) is 2.57. The molecule has 2 rings (SSSR count). The van der Waals surface area contributed by atoms with Gasteiger partial charge in [-0.15, -0.1) is 0 Å². The van der Waals surface area contributed by atoms with Crippen molar-refractivity contribution in [3.05, 3.63) is 24.2 Å². The minimum Gasteiger partial charge on any atom is -0.472 e. The van der Waals surface area contributed by atoms with E-state index >= 15 is 0 Å². The number of likely N-dealkylation sites (tertiary alicyclic amines) is 1. The van der Waals surface area contributed by atoms with Gasteiger partial charge in [-0.2, -0.15) is 0 Å². The summed E-state index contributed by atoms with van der Waals surface area (Å²) in [6.07, 6.45) is 9.81. The first kappa shape index (κ1) is 14.6. The Balaban J connectivity index is 2.18. The number of hydrogen-bond acceptors (Lipinski definition) is 3. The number of nitrogens with zero attached hydrogens (tertiary/aromatic N) is 1. The molecule has 3 nitrogen and oxygen atoms in total. The first-order chi connectivity index (χ1) is 9.26. The fraction of sp³-hybridized carbons (Fsp3) is 0.750. The molecule has 19 heavy (non-hydrogen) atoms. The van der Waals surface area contributed by atoms with Crippen molar-refractivity contribution in [3.63, 3.8) is 0 Å². The Morgan fingerprint density at radius 2 is 2.00 bits per heavy atom. The molecule has 1 saturated heterocycles. The molecule has 0 radical (unpaired) electrons. The van der Waals surface area contributed by atoms with Crippen LogP contribution in [0.4, 0.5) is 0 Å². The summed E-state index contributed by atoms with van der Waals surface area (Å²) < 4.78 is 5.22. The molecule has 1 fully saturated rings. The van der Waals surface area contributed by atoms with Crippen LogP contribution in [0.2, 0.25) is 0 Å². The third-order valence-corrected chi connectivity index (χ3v) is 4.98. The van der Waals surface area contributed by atoms with E-state index in [9.17, 15) is 0 Å². The molecule has 0 bridgehead atoms. The van der Waals surface area contributed by atoms with Crippen LogP contribution in [0.3, 0.4) is 0 Å². The van der Waals surface area contributed by atoms with Crippen LogP contribution in [0.25, 0.3) is 0 Å². The molecule has 108 valence electrons. The Bertz CT molecular complexity index is 351. The highest BCUT2D eigenvalue weighted by molar-refractivity contribution is 5.12. The van der Waals surface area contributed by atoms with E-state index in [1.807, 2.05) is 6.26 Å². The standard InChI is InChI=1S/C16H28N2O/c1-4-16(5-2,18-9-6-7-10-18)15(17-3)12-14-8-11-19-13-14/h8,11,13,15,17H,4-7,9-10,12H2,1-3H3. The summed E-state index contributed by atoms with van der Waals surface area (Å²) in [5, 5.41) is 3.58. The Labute approximate surface area is 117 Å². The van der Waals surface area contributed by atoms with Crippen LogP contribution in [0.1, 0.15) is 45.1 Å². The number of rotatable bonds is 7. The van der Waals surface area contributed by atoms with Crippen molar-refractivity contribution in [2.75, 3.05) is 20.1 Å². The van der Waals surface area contributed by atoms with Gasteiger partial charge in [0.1, 0.15) is 0 Å². The number of likely N-dealkylation sites (N-methyl/N-ethyl adjacent to an activating group) is 1. The van der Waals surface area contributed by atoms with E-state index in [4.69, 9.17) is 4.42 Å². The third kappa shape index (κ3) is 2.87. The van der Waals surface area contributed by atoms with Gasteiger partial charge in [-0.05, 0) is 63.9 Å². The summed E-state index contributed by atoms with van der Waals surface area (Å²) in [5.41, 5.74) is 1.58. The molecule has 1 aromatic heterocycles. The fourth-order valence-corrected chi connectivity index (χ4v) is 3.78. The molecule has 0 spiro atoms. The van der Waals surface area contributed by atoms with Gasteiger partial charge in [-0.1, -0.05) is 13.8 Å². The molecule has 0 aromatic carbocycles.